The van der Waals surface area contributed by atoms with E-state index in [0.717, 1.165) is 26.7 Å². The van der Waals surface area contributed by atoms with E-state index in [0.29, 0.717) is 18.1 Å². The highest BCUT2D eigenvalue weighted by Crippen LogP contribution is 2.27. The van der Waals surface area contributed by atoms with E-state index in [-0.39, 0.29) is 5.91 Å². The van der Waals surface area contributed by atoms with Gasteiger partial charge in [0, 0.05) is 11.3 Å². The molecule has 0 saturated heterocycles. The molecule has 0 saturated carbocycles. The number of benzene rings is 3. The van der Waals surface area contributed by atoms with E-state index in [4.69, 9.17) is 4.74 Å². The number of anilines is 1. The van der Waals surface area contributed by atoms with Crippen LogP contribution in [-0.2, 0) is 0 Å². The number of nitrogens with one attached hydrogen (secondary N) is 1. The van der Waals surface area contributed by atoms with E-state index < -0.39 is 0 Å². The van der Waals surface area contributed by atoms with Gasteiger partial charge in [0.2, 0.25) is 0 Å². The molecule has 1 N–H and O–H groups in total. The monoisotopic (exact) mass is 397 g/mol. The Balaban J connectivity index is 1.74. The first-order valence-electron chi connectivity index (χ1n) is 8.25. The minimum Gasteiger partial charge on any atom is -0.492 e. The Labute approximate surface area is 156 Å². The smallest absolute Gasteiger partial charge is 0.255 e. The molecular weight excluding hydrogens is 378 g/mol. The average molecular weight is 398 g/mol. The second-order valence-corrected chi connectivity index (χ2v) is 7.22. The van der Waals surface area contributed by atoms with Gasteiger partial charge in [-0.1, -0.05) is 44.2 Å². The van der Waals surface area contributed by atoms with Crippen LogP contribution in [0.5, 0.6) is 5.75 Å². The molecular formula is C21H20BrNO2. The zero-order valence-electron chi connectivity index (χ0n) is 14.3. The third kappa shape index (κ3) is 4.40. The molecule has 0 radical (unpaired) electrons. The summed E-state index contributed by atoms with van der Waals surface area (Å²) < 4.78 is 6.50. The Kier molecular flexibility index (Phi) is 5.39. The number of carbonyl (C=O) groups is 1. The van der Waals surface area contributed by atoms with E-state index in [2.05, 4.69) is 35.1 Å². The first kappa shape index (κ1) is 17.5. The maximum Gasteiger partial charge on any atom is 0.255 e. The van der Waals surface area contributed by atoms with Crippen LogP contribution in [0.4, 0.5) is 5.69 Å². The van der Waals surface area contributed by atoms with Gasteiger partial charge in [0.15, 0.2) is 0 Å². The van der Waals surface area contributed by atoms with Gasteiger partial charge >= 0.3 is 0 Å². The molecule has 0 aliphatic carbocycles. The molecule has 3 aromatic rings. The van der Waals surface area contributed by atoms with Crippen molar-refractivity contribution in [1.82, 2.24) is 0 Å². The van der Waals surface area contributed by atoms with Crippen LogP contribution >= 0.6 is 15.9 Å². The molecule has 0 aliphatic heterocycles. The predicted molar refractivity (Wildman–Crippen MR) is 106 cm³/mol. The molecule has 3 nitrogen and oxygen atoms in total. The molecule has 25 heavy (non-hydrogen) atoms. The van der Waals surface area contributed by atoms with Crippen LogP contribution < -0.4 is 10.1 Å². The summed E-state index contributed by atoms with van der Waals surface area (Å²) in [6, 6.07) is 19.3. The zero-order valence-corrected chi connectivity index (χ0v) is 15.8. The summed E-state index contributed by atoms with van der Waals surface area (Å²) in [6.45, 7) is 4.83. The molecule has 128 valence electrons. The molecule has 0 heterocycles. The first-order valence-corrected chi connectivity index (χ1v) is 9.05. The number of fused-ring (bicyclic) bond motifs is 1. The van der Waals surface area contributed by atoms with Crippen LogP contribution in [0.25, 0.3) is 10.8 Å². The zero-order chi connectivity index (χ0) is 17.8. The lowest BCUT2D eigenvalue weighted by atomic mass is 10.1. The van der Waals surface area contributed by atoms with E-state index >= 15 is 0 Å². The largest absolute Gasteiger partial charge is 0.492 e. The summed E-state index contributed by atoms with van der Waals surface area (Å²) in [5, 5.41) is 5.19. The van der Waals surface area contributed by atoms with Crippen LogP contribution in [-0.4, -0.2) is 12.5 Å². The van der Waals surface area contributed by atoms with Gasteiger partial charge in [-0.05, 0) is 63.0 Å². The fourth-order valence-corrected chi connectivity index (χ4v) is 2.98. The molecule has 0 atom stereocenters. The number of ether oxygens (including phenoxy) is 1. The minimum absolute atomic E-state index is 0.147. The quantitative estimate of drug-likeness (QED) is 0.582. The molecule has 3 rings (SSSR count). The lowest BCUT2D eigenvalue weighted by Crippen LogP contribution is -2.12. The molecule has 0 aliphatic rings. The number of halogens is 1. The van der Waals surface area contributed by atoms with Crippen LogP contribution in [0.3, 0.4) is 0 Å². The number of hydrogen-bond acceptors (Lipinski definition) is 2. The first-order chi connectivity index (χ1) is 12.0. The maximum absolute atomic E-state index is 12.5. The van der Waals surface area contributed by atoms with Crippen LogP contribution in [0, 0.1) is 5.92 Å². The van der Waals surface area contributed by atoms with Gasteiger partial charge in [0.05, 0.1) is 11.1 Å². The Bertz CT molecular complexity index is 905. The van der Waals surface area contributed by atoms with Crippen molar-refractivity contribution in [3.8, 4) is 5.75 Å². The summed E-state index contributed by atoms with van der Waals surface area (Å²) in [7, 11) is 0. The van der Waals surface area contributed by atoms with Gasteiger partial charge in [-0.25, -0.2) is 0 Å². The predicted octanol–water partition coefficient (Wildman–Crippen LogP) is 5.89. The van der Waals surface area contributed by atoms with Gasteiger partial charge in [-0.3, -0.25) is 4.79 Å². The Morgan fingerprint density at radius 2 is 1.80 bits per heavy atom. The van der Waals surface area contributed by atoms with Crippen molar-refractivity contribution in [2.75, 3.05) is 11.9 Å². The Morgan fingerprint density at radius 3 is 2.52 bits per heavy atom. The van der Waals surface area contributed by atoms with E-state index in [1.165, 1.54) is 0 Å². The molecule has 0 aromatic heterocycles. The van der Waals surface area contributed by atoms with E-state index in [1.807, 2.05) is 48.5 Å². The topological polar surface area (TPSA) is 38.3 Å². The summed E-state index contributed by atoms with van der Waals surface area (Å²) in [6.07, 6.45) is 0. The lowest BCUT2D eigenvalue weighted by molar-refractivity contribution is 0.102. The van der Waals surface area contributed by atoms with Crippen LogP contribution in [0.1, 0.15) is 24.2 Å². The summed E-state index contributed by atoms with van der Waals surface area (Å²) in [5.74, 6) is 1.05. The number of rotatable bonds is 5. The highest BCUT2D eigenvalue weighted by molar-refractivity contribution is 9.10. The van der Waals surface area contributed by atoms with Crippen molar-refractivity contribution in [2.45, 2.75) is 13.8 Å². The van der Waals surface area contributed by atoms with Gasteiger partial charge in [0.1, 0.15) is 5.75 Å². The van der Waals surface area contributed by atoms with Crippen molar-refractivity contribution >= 4 is 38.3 Å². The van der Waals surface area contributed by atoms with E-state index in [1.54, 1.807) is 12.1 Å². The SMILES string of the molecule is CC(C)COc1ccc(C(=O)Nc2ccc3ccccc3c2)cc1Br. The molecule has 3 aromatic carbocycles. The summed E-state index contributed by atoms with van der Waals surface area (Å²) in [4.78, 5) is 12.5. The van der Waals surface area contributed by atoms with Gasteiger partial charge in [0.25, 0.3) is 5.91 Å². The van der Waals surface area contributed by atoms with Crippen molar-refractivity contribution in [2.24, 2.45) is 5.92 Å². The van der Waals surface area contributed by atoms with Gasteiger partial charge in [-0.15, -0.1) is 0 Å². The number of amides is 1. The standard InChI is InChI=1S/C21H20BrNO2/c1-14(2)13-25-20-10-8-17(12-19(20)22)21(24)23-18-9-7-15-5-3-4-6-16(15)11-18/h3-12,14H,13H2,1-2H3,(H,23,24). The van der Waals surface area contributed by atoms with Crippen molar-refractivity contribution in [3.05, 3.63) is 70.7 Å². The third-order valence-electron chi connectivity index (χ3n) is 3.77. The highest BCUT2D eigenvalue weighted by Gasteiger charge is 2.10. The minimum atomic E-state index is -0.147. The number of carbonyl (C=O) groups excluding carboxylic acids is 1. The molecule has 0 fully saturated rings. The van der Waals surface area contributed by atoms with Crippen LogP contribution in [0.15, 0.2) is 65.1 Å². The van der Waals surface area contributed by atoms with Crippen molar-refractivity contribution in [3.63, 3.8) is 0 Å². The average Bonchev–Trinajstić information content (AvgIpc) is 2.60. The number of hydrogen-bond donors (Lipinski definition) is 1. The molecule has 4 heteroatoms. The van der Waals surface area contributed by atoms with Crippen molar-refractivity contribution in [1.29, 1.82) is 0 Å². The second-order valence-electron chi connectivity index (χ2n) is 6.37. The fraction of sp³-hybridized carbons (Fsp3) is 0.190. The summed E-state index contributed by atoms with van der Waals surface area (Å²) in [5.41, 5.74) is 1.36. The fourth-order valence-electron chi connectivity index (χ4n) is 2.49. The Morgan fingerprint density at radius 1 is 1.04 bits per heavy atom. The van der Waals surface area contributed by atoms with Crippen LogP contribution in [0.2, 0.25) is 0 Å². The van der Waals surface area contributed by atoms with Gasteiger partial charge < -0.3 is 10.1 Å². The second kappa shape index (κ2) is 7.70. The van der Waals surface area contributed by atoms with E-state index in [9.17, 15) is 4.79 Å². The molecule has 0 spiro atoms. The highest BCUT2D eigenvalue weighted by atomic mass is 79.9. The lowest BCUT2D eigenvalue weighted by Gasteiger charge is -2.12. The molecule has 1 amide bonds. The van der Waals surface area contributed by atoms with Crippen molar-refractivity contribution < 1.29 is 9.53 Å². The summed E-state index contributed by atoms with van der Waals surface area (Å²) >= 11 is 3.48. The van der Waals surface area contributed by atoms with Gasteiger partial charge in [-0.2, -0.15) is 0 Å². The third-order valence-corrected chi connectivity index (χ3v) is 4.39. The maximum atomic E-state index is 12.5. The molecule has 0 bridgehead atoms. The Hall–Kier alpha value is -2.33. The molecule has 0 unspecified atom stereocenters. The normalized spacial score (nSPS) is 10.9.